The van der Waals surface area contributed by atoms with Crippen LogP contribution in [0.5, 0.6) is 0 Å². The summed E-state index contributed by atoms with van der Waals surface area (Å²) in [6.45, 7) is 5.28. The van der Waals surface area contributed by atoms with Gasteiger partial charge in [-0.1, -0.05) is 0 Å². The highest BCUT2D eigenvalue weighted by atomic mass is 16.2. The van der Waals surface area contributed by atoms with Gasteiger partial charge in [0.05, 0.1) is 52.7 Å². The number of aryl methyl sites for hydroxylation is 1. The number of nitrogens with one attached hydrogen (secondary N) is 1. The molecule has 0 radical (unpaired) electrons. The SMILES string of the molecule is Cn1cc(C(=O)N2CCC(Nc3cncc(N4C(=O)c5ccc(C#N)cc5C4(C)C)c3)CC2)cn1. The lowest BCUT2D eigenvalue weighted by Crippen LogP contribution is -2.42. The van der Waals surface area contributed by atoms with E-state index in [0.717, 1.165) is 24.1 Å². The minimum absolute atomic E-state index is 0.00844. The van der Waals surface area contributed by atoms with E-state index in [2.05, 4.69) is 21.5 Å². The van der Waals surface area contributed by atoms with Gasteiger partial charge in [0.15, 0.2) is 0 Å². The Labute approximate surface area is 204 Å². The Morgan fingerprint density at radius 2 is 1.94 bits per heavy atom. The lowest BCUT2D eigenvalue weighted by Gasteiger charge is -2.34. The second-order valence-corrected chi connectivity index (χ2v) is 9.62. The van der Waals surface area contributed by atoms with E-state index in [9.17, 15) is 14.9 Å². The zero-order valence-electron chi connectivity index (χ0n) is 20.0. The molecule has 3 aromatic rings. The Balaban J connectivity index is 1.28. The number of aromatic nitrogens is 3. The molecule has 1 fully saturated rings. The maximum Gasteiger partial charge on any atom is 0.259 e. The Kier molecular flexibility index (Phi) is 5.52. The maximum atomic E-state index is 13.3. The van der Waals surface area contributed by atoms with E-state index < -0.39 is 5.54 Å². The molecular weight excluding hydrogens is 442 g/mol. The number of carbonyl (C=O) groups is 2. The van der Waals surface area contributed by atoms with Crippen LogP contribution in [-0.4, -0.2) is 50.6 Å². The Bertz CT molecular complexity index is 1350. The summed E-state index contributed by atoms with van der Waals surface area (Å²) in [7, 11) is 1.80. The molecule has 2 aliphatic heterocycles. The molecule has 4 heterocycles. The molecule has 1 saturated heterocycles. The highest BCUT2D eigenvalue weighted by molar-refractivity contribution is 6.12. The summed E-state index contributed by atoms with van der Waals surface area (Å²) in [5.41, 5.74) is 3.51. The molecule has 9 heteroatoms. The lowest BCUT2D eigenvalue weighted by molar-refractivity contribution is 0.0718. The number of piperidine rings is 1. The van der Waals surface area contributed by atoms with Crippen molar-refractivity contribution in [2.75, 3.05) is 23.3 Å². The first-order valence-electron chi connectivity index (χ1n) is 11.7. The van der Waals surface area contributed by atoms with Gasteiger partial charge in [0, 0.05) is 37.9 Å². The van der Waals surface area contributed by atoms with Crippen molar-refractivity contribution in [3.63, 3.8) is 0 Å². The number of rotatable bonds is 4. The van der Waals surface area contributed by atoms with Crippen LogP contribution in [0, 0.1) is 11.3 Å². The minimum atomic E-state index is -0.614. The summed E-state index contributed by atoms with van der Waals surface area (Å²) in [4.78, 5) is 34.0. The second-order valence-electron chi connectivity index (χ2n) is 9.62. The first kappa shape index (κ1) is 22.6. The monoisotopic (exact) mass is 469 g/mol. The Morgan fingerprint density at radius 1 is 1.17 bits per heavy atom. The Hall–Kier alpha value is -4.19. The van der Waals surface area contributed by atoms with Crippen LogP contribution in [0.25, 0.3) is 0 Å². The average Bonchev–Trinajstić information content (AvgIpc) is 3.37. The normalized spacial score (nSPS) is 17.3. The first-order chi connectivity index (χ1) is 16.8. The smallest absolute Gasteiger partial charge is 0.259 e. The Morgan fingerprint density at radius 3 is 2.63 bits per heavy atom. The van der Waals surface area contributed by atoms with Gasteiger partial charge < -0.3 is 10.2 Å². The summed E-state index contributed by atoms with van der Waals surface area (Å²) in [5.74, 6) is -0.0928. The molecule has 0 aliphatic carbocycles. The van der Waals surface area contributed by atoms with E-state index in [-0.39, 0.29) is 17.9 Å². The van der Waals surface area contributed by atoms with Crippen molar-refractivity contribution in [3.8, 4) is 6.07 Å². The summed E-state index contributed by atoms with van der Waals surface area (Å²) >= 11 is 0. The molecule has 9 nitrogen and oxygen atoms in total. The summed E-state index contributed by atoms with van der Waals surface area (Å²) in [6.07, 6.45) is 8.41. The van der Waals surface area contributed by atoms with Crippen LogP contribution in [0.2, 0.25) is 0 Å². The van der Waals surface area contributed by atoms with Gasteiger partial charge in [-0.05, 0) is 56.5 Å². The van der Waals surface area contributed by atoms with Crippen LogP contribution < -0.4 is 10.2 Å². The second kappa shape index (κ2) is 8.55. The fraction of sp³-hybridized carbons (Fsp3) is 0.346. The third-order valence-corrected chi connectivity index (χ3v) is 6.89. The molecule has 1 aromatic carbocycles. The van der Waals surface area contributed by atoms with Crippen molar-refractivity contribution in [2.24, 2.45) is 7.05 Å². The maximum absolute atomic E-state index is 13.3. The van der Waals surface area contributed by atoms with Crippen LogP contribution >= 0.6 is 0 Å². The number of carbonyl (C=O) groups excluding carboxylic acids is 2. The topological polar surface area (TPSA) is 107 Å². The molecule has 5 rings (SSSR count). The molecule has 1 N–H and O–H groups in total. The van der Waals surface area contributed by atoms with E-state index in [4.69, 9.17) is 0 Å². The van der Waals surface area contributed by atoms with Crippen molar-refractivity contribution in [3.05, 3.63) is 71.3 Å². The molecule has 0 saturated carbocycles. The van der Waals surface area contributed by atoms with Crippen LogP contribution in [0.4, 0.5) is 11.4 Å². The van der Waals surface area contributed by atoms with Crippen molar-refractivity contribution in [1.82, 2.24) is 19.7 Å². The van der Waals surface area contributed by atoms with Crippen LogP contribution in [0.15, 0.2) is 49.1 Å². The van der Waals surface area contributed by atoms with Gasteiger partial charge in [0.25, 0.3) is 11.8 Å². The van der Waals surface area contributed by atoms with E-state index >= 15 is 0 Å². The van der Waals surface area contributed by atoms with Gasteiger partial charge in [-0.25, -0.2) is 0 Å². The molecular formula is C26H27N7O2. The van der Waals surface area contributed by atoms with Crippen LogP contribution in [-0.2, 0) is 12.6 Å². The zero-order valence-corrected chi connectivity index (χ0v) is 20.0. The van der Waals surface area contributed by atoms with Crippen molar-refractivity contribution < 1.29 is 9.59 Å². The van der Waals surface area contributed by atoms with Crippen LogP contribution in [0.1, 0.15) is 58.5 Å². The van der Waals surface area contributed by atoms with E-state index in [1.54, 1.807) is 59.6 Å². The number of anilines is 2. The third kappa shape index (κ3) is 4.01. The van der Waals surface area contributed by atoms with Gasteiger partial charge >= 0.3 is 0 Å². The van der Waals surface area contributed by atoms with E-state index in [0.29, 0.717) is 35.5 Å². The molecule has 35 heavy (non-hydrogen) atoms. The van der Waals surface area contributed by atoms with Crippen LogP contribution in [0.3, 0.4) is 0 Å². The molecule has 178 valence electrons. The fourth-order valence-electron chi connectivity index (χ4n) is 5.05. The highest BCUT2D eigenvalue weighted by Gasteiger charge is 2.44. The number of fused-ring (bicyclic) bond motifs is 1. The zero-order chi connectivity index (χ0) is 24.7. The quantitative estimate of drug-likeness (QED) is 0.628. The average molecular weight is 470 g/mol. The van der Waals surface area contributed by atoms with Crippen molar-refractivity contribution in [1.29, 1.82) is 5.26 Å². The summed E-state index contributed by atoms with van der Waals surface area (Å²) in [6, 6.07) is 9.50. The number of nitriles is 1. The van der Waals surface area contributed by atoms with Gasteiger partial charge in [-0.3, -0.25) is 24.2 Å². The number of benzene rings is 1. The molecule has 2 amide bonds. The standard InChI is InChI=1S/C26H27N7O2/c1-26(2)23-10-17(12-27)4-5-22(23)25(35)33(26)21-11-20(14-28-15-21)30-19-6-8-32(9-7-19)24(34)18-13-29-31(3)16-18/h4-5,10-11,13-16,19,30H,6-9H2,1-3H3. The van der Waals surface area contributed by atoms with Gasteiger partial charge in [0.2, 0.25) is 0 Å². The number of hydrogen-bond donors (Lipinski definition) is 1. The van der Waals surface area contributed by atoms with Crippen molar-refractivity contribution >= 4 is 23.2 Å². The predicted molar refractivity (Wildman–Crippen MR) is 131 cm³/mol. The minimum Gasteiger partial charge on any atom is -0.381 e. The molecule has 0 bridgehead atoms. The predicted octanol–water partition coefficient (Wildman–Crippen LogP) is 3.30. The number of nitrogens with zero attached hydrogens (tertiary/aromatic N) is 6. The molecule has 0 unspecified atom stereocenters. The number of amides is 2. The van der Waals surface area contributed by atoms with Crippen molar-refractivity contribution in [2.45, 2.75) is 38.3 Å². The van der Waals surface area contributed by atoms with Gasteiger partial charge in [-0.15, -0.1) is 0 Å². The summed E-state index contributed by atoms with van der Waals surface area (Å²) in [5, 5.41) is 16.9. The molecule has 2 aromatic heterocycles. The number of pyridine rings is 1. The first-order valence-corrected chi connectivity index (χ1v) is 11.7. The number of likely N-dealkylation sites (tertiary alicyclic amines) is 1. The third-order valence-electron chi connectivity index (χ3n) is 6.89. The highest BCUT2D eigenvalue weighted by Crippen LogP contribution is 2.42. The van der Waals surface area contributed by atoms with Gasteiger partial charge in [0.1, 0.15) is 0 Å². The molecule has 0 atom stereocenters. The number of hydrogen-bond acceptors (Lipinski definition) is 6. The summed E-state index contributed by atoms with van der Waals surface area (Å²) < 4.78 is 1.63. The largest absolute Gasteiger partial charge is 0.381 e. The molecule has 2 aliphatic rings. The fourth-order valence-corrected chi connectivity index (χ4v) is 5.05. The van der Waals surface area contributed by atoms with E-state index in [1.807, 2.05) is 24.8 Å². The molecule has 0 spiro atoms. The lowest BCUT2D eigenvalue weighted by atomic mass is 9.92. The van der Waals surface area contributed by atoms with Gasteiger partial charge in [-0.2, -0.15) is 10.4 Å². The van der Waals surface area contributed by atoms with E-state index in [1.165, 1.54) is 0 Å².